The van der Waals surface area contributed by atoms with Crippen LogP contribution in [0.4, 0.5) is 0 Å². The van der Waals surface area contributed by atoms with E-state index in [4.69, 9.17) is 9.47 Å². The first-order valence-electron chi connectivity index (χ1n) is 5.01. The lowest BCUT2D eigenvalue weighted by molar-refractivity contribution is 0.0761. The molecule has 0 aromatic rings. The van der Waals surface area contributed by atoms with Gasteiger partial charge in [0.1, 0.15) is 0 Å². The molecule has 2 atom stereocenters. The molecule has 0 saturated carbocycles. The van der Waals surface area contributed by atoms with Crippen LogP contribution in [0.3, 0.4) is 0 Å². The van der Waals surface area contributed by atoms with Crippen molar-refractivity contribution in [2.45, 2.75) is 38.8 Å². The predicted molar refractivity (Wildman–Crippen MR) is 55.0 cm³/mol. The molecule has 0 aliphatic rings. The van der Waals surface area contributed by atoms with Gasteiger partial charge in [-0.2, -0.15) is 0 Å². The summed E-state index contributed by atoms with van der Waals surface area (Å²) in [5.74, 6) is 0. The molecule has 0 saturated heterocycles. The third kappa shape index (κ3) is 6.02. The third-order valence-electron chi connectivity index (χ3n) is 2.27. The lowest BCUT2D eigenvalue weighted by Crippen LogP contribution is -2.39. The van der Waals surface area contributed by atoms with Gasteiger partial charge in [0.05, 0.1) is 6.10 Å². The molecule has 0 fully saturated rings. The molecule has 0 spiro atoms. The van der Waals surface area contributed by atoms with Gasteiger partial charge in [-0.1, -0.05) is 6.92 Å². The van der Waals surface area contributed by atoms with Gasteiger partial charge < -0.3 is 14.8 Å². The minimum absolute atomic E-state index is 0.275. The van der Waals surface area contributed by atoms with Crippen LogP contribution in [0.25, 0.3) is 0 Å². The van der Waals surface area contributed by atoms with Crippen molar-refractivity contribution in [1.29, 1.82) is 0 Å². The van der Waals surface area contributed by atoms with Gasteiger partial charge in [-0.05, 0) is 26.3 Å². The van der Waals surface area contributed by atoms with E-state index in [0.717, 1.165) is 26.0 Å². The molecule has 3 heteroatoms. The van der Waals surface area contributed by atoms with Crippen molar-refractivity contribution in [3.63, 3.8) is 0 Å². The summed E-state index contributed by atoms with van der Waals surface area (Å²) in [6.45, 7) is 6.04. The summed E-state index contributed by atoms with van der Waals surface area (Å²) in [6, 6.07) is 0.449. The Morgan fingerprint density at radius 1 is 1.31 bits per heavy atom. The number of rotatable bonds is 8. The molecule has 1 N–H and O–H groups in total. The highest BCUT2D eigenvalue weighted by molar-refractivity contribution is 4.72. The van der Waals surface area contributed by atoms with Gasteiger partial charge in [-0.3, -0.25) is 0 Å². The second kappa shape index (κ2) is 8.48. The molecule has 0 rings (SSSR count). The maximum Gasteiger partial charge on any atom is 0.0696 e. The minimum Gasteiger partial charge on any atom is -0.385 e. The Morgan fingerprint density at radius 3 is 2.46 bits per heavy atom. The van der Waals surface area contributed by atoms with Gasteiger partial charge in [0.2, 0.25) is 0 Å². The SMILES string of the molecule is CCNC(CCCOC)C(C)OC. The number of nitrogens with one attached hydrogen (secondary N) is 1. The third-order valence-corrected chi connectivity index (χ3v) is 2.27. The van der Waals surface area contributed by atoms with Crippen LogP contribution in [0.2, 0.25) is 0 Å². The molecule has 0 amide bonds. The number of hydrogen-bond acceptors (Lipinski definition) is 3. The van der Waals surface area contributed by atoms with Gasteiger partial charge >= 0.3 is 0 Å². The van der Waals surface area contributed by atoms with E-state index in [0.29, 0.717) is 6.04 Å². The Labute approximate surface area is 81.8 Å². The van der Waals surface area contributed by atoms with Crippen molar-refractivity contribution < 1.29 is 9.47 Å². The highest BCUT2D eigenvalue weighted by atomic mass is 16.5. The number of methoxy groups -OCH3 is 2. The van der Waals surface area contributed by atoms with Gasteiger partial charge in [0.15, 0.2) is 0 Å². The zero-order valence-corrected chi connectivity index (χ0v) is 9.30. The lowest BCUT2D eigenvalue weighted by Gasteiger charge is -2.23. The largest absolute Gasteiger partial charge is 0.385 e. The van der Waals surface area contributed by atoms with Crippen LogP contribution in [0.1, 0.15) is 26.7 Å². The van der Waals surface area contributed by atoms with Crippen LogP contribution in [0.15, 0.2) is 0 Å². The fourth-order valence-corrected chi connectivity index (χ4v) is 1.38. The second-order valence-electron chi connectivity index (χ2n) is 3.24. The van der Waals surface area contributed by atoms with E-state index in [-0.39, 0.29) is 6.10 Å². The molecule has 0 heterocycles. The van der Waals surface area contributed by atoms with Crippen molar-refractivity contribution in [1.82, 2.24) is 5.32 Å². The van der Waals surface area contributed by atoms with Crippen molar-refractivity contribution in [3.8, 4) is 0 Å². The highest BCUT2D eigenvalue weighted by Crippen LogP contribution is 2.05. The molecule has 0 radical (unpaired) electrons. The van der Waals surface area contributed by atoms with Crippen LogP contribution < -0.4 is 5.32 Å². The van der Waals surface area contributed by atoms with Gasteiger partial charge in [-0.25, -0.2) is 0 Å². The summed E-state index contributed by atoms with van der Waals surface area (Å²) < 4.78 is 10.3. The molecular formula is C10H23NO2. The van der Waals surface area contributed by atoms with Crippen LogP contribution >= 0.6 is 0 Å². The van der Waals surface area contributed by atoms with E-state index in [1.165, 1.54) is 0 Å². The maximum absolute atomic E-state index is 5.29. The monoisotopic (exact) mass is 189 g/mol. The lowest BCUT2D eigenvalue weighted by atomic mass is 10.1. The average molecular weight is 189 g/mol. The van der Waals surface area contributed by atoms with Gasteiger partial charge in [0, 0.05) is 26.9 Å². The number of likely N-dealkylation sites (N-methyl/N-ethyl adjacent to an activating group) is 1. The minimum atomic E-state index is 0.275. The van der Waals surface area contributed by atoms with E-state index in [1.807, 2.05) is 0 Å². The zero-order valence-electron chi connectivity index (χ0n) is 9.30. The Bertz CT molecular complexity index is 109. The molecule has 13 heavy (non-hydrogen) atoms. The van der Waals surface area contributed by atoms with Gasteiger partial charge in [0.25, 0.3) is 0 Å². The fourth-order valence-electron chi connectivity index (χ4n) is 1.38. The van der Waals surface area contributed by atoms with Crippen LogP contribution in [-0.4, -0.2) is 39.5 Å². The molecule has 0 aliphatic carbocycles. The summed E-state index contributed by atoms with van der Waals surface area (Å²) in [6.07, 6.45) is 2.47. The Kier molecular flexibility index (Phi) is 8.40. The van der Waals surface area contributed by atoms with Crippen LogP contribution in [0, 0.1) is 0 Å². The molecule has 0 aliphatic heterocycles. The molecule has 80 valence electrons. The van der Waals surface area contributed by atoms with E-state index in [1.54, 1.807) is 14.2 Å². The van der Waals surface area contributed by atoms with E-state index in [2.05, 4.69) is 19.2 Å². The topological polar surface area (TPSA) is 30.5 Å². The summed E-state index contributed by atoms with van der Waals surface area (Å²) in [7, 11) is 3.49. The van der Waals surface area contributed by atoms with Crippen molar-refractivity contribution >= 4 is 0 Å². The number of ether oxygens (including phenoxy) is 2. The first kappa shape index (κ1) is 12.9. The van der Waals surface area contributed by atoms with Crippen molar-refractivity contribution in [2.24, 2.45) is 0 Å². The Morgan fingerprint density at radius 2 is 2.00 bits per heavy atom. The maximum atomic E-state index is 5.29. The quantitative estimate of drug-likeness (QED) is 0.586. The molecule has 0 bridgehead atoms. The van der Waals surface area contributed by atoms with Gasteiger partial charge in [-0.15, -0.1) is 0 Å². The highest BCUT2D eigenvalue weighted by Gasteiger charge is 2.14. The van der Waals surface area contributed by atoms with E-state index >= 15 is 0 Å². The smallest absolute Gasteiger partial charge is 0.0696 e. The second-order valence-corrected chi connectivity index (χ2v) is 3.24. The summed E-state index contributed by atoms with van der Waals surface area (Å²) in [5, 5.41) is 3.41. The number of hydrogen-bond donors (Lipinski definition) is 1. The van der Waals surface area contributed by atoms with Crippen LogP contribution in [0.5, 0.6) is 0 Å². The first-order chi connectivity index (χ1) is 6.26. The summed E-state index contributed by atoms with van der Waals surface area (Å²) in [5.41, 5.74) is 0. The van der Waals surface area contributed by atoms with E-state index in [9.17, 15) is 0 Å². The average Bonchev–Trinajstić information content (AvgIpc) is 2.16. The van der Waals surface area contributed by atoms with Crippen molar-refractivity contribution in [2.75, 3.05) is 27.4 Å². The Hall–Kier alpha value is -0.120. The standard InChI is InChI=1S/C10H23NO2/c1-5-11-10(9(2)13-4)7-6-8-12-3/h9-11H,5-8H2,1-4H3. The molecule has 2 unspecified atom stereocenters. The van der Waals surface area contributed by atoms with Crippen molar-refractivity contribution in [3.05, 3.63) is 0 Å². The molecule has 0 aromatic carbocycles. The molecule has 0 aromatic heterocycles. The first-order valence-corrected chi connectivity index (χ1v) is 5.01. The summed E-state index contributed by atoms with van der Waals surface area (Å²) in [4.78, 5) is 0. The molecule has 3 nitrogen and oxygen atoms in total. The zero-order chi connectivity index (χ0) is 10.1. The molecular weight excluding hydrogens is 166 g/mol. The van der Waals surface area contributed by atoms with Crippen LogP contribution in [-0.2, 0) is 9.47 Å². The fraction of sp³-hybridized carbons (Fsp3) is 1.00. The predicted octanol–water partition coefficient (Wildman–Crippen LogP) is 1.43. The normalized spacial score (nSPS) is 15.7. The van der Waals surface area contributed by atoms with E-state index < -0.39 is 0 Å². The Balaban J connectivity index is 3.65. The summed E-state index contributed by atoms with van der Waals surface area (Å²) >= 11 is 0.